The summed E-state index contributed by atoms with van der Waals surface area (Å²) in [6.07, 6.45) is -8.75. The monoisotopic (exact) mass is 448 g/mol. The highest BCUT2D eigenvalue weighted by atomic mass is 19.4. The van der Waals surface area contributed by atoms with Crippen LogP contribution in [0.4, 0.5) is 32.0 Å². The van der Waals surface area contributed by atoms with Crippen LogP contribution in [0.15, 0.2) is 41.4 Å². The molecule has 170 valence electrons. The molecule has 1 unspecified atom stereocenters. The third kappa shape index (κ3) is 4.95. The Morgan fingerprint density at radius 1 is 1.06 bits per heavy atom. The van der Waals surface area contributed by atoms with Gasteiger partial charge in [0, 0.05) is 25.2 Å². The average molecular weight is 448 g/mol. The van der Waals surface area contributed by atoms with E-state index >= 15 is 0 Å². The molecule has 1 atom stereocenters. The van der Waals surface area contributed by atoms with Crippen molar-refractivity contribution in [3.05, 3.63) is 58.7 Å². The van der Waals surface area contributed by atoms with Crippen LogP contribution in [0, 0.1) is 6.92 Å². The molecule has 0 saturated carbocycles. The van der Waals surface area contributed by atoms with Crippen molar-refractivity contribution in [2.75, 3.05) is 20.7 Å². The molecule has 31 heavy (non-hydrogen) atoms. The van der Waals surface area contributed by atoms with Gasteiger partial charge in [0.15, 0.2) is 0 Å². The second kappa shape index (κ2) is 8.78. The quantitative estimate of drug-likeness (QED) is 0.364. The van der Waals surface area contributed by atoms with E-state index in [1.165, 1.54) is 19.3 Å². The number of hydrogen-bond donors (Lipinski definition) is 1. The number of rotatable bonds is 6. The number of benzene rings is 2. The van der Waals surface area contributed by atoms with Gasteiger partial charge in [-0.25, -0.2) is 4.99 Å². The first-order chi connectivity index (χ1) is 14.3. The zero-order chi connectivity index (χ0) is 23.6. The lowest BCUT2D eigenvalue weighted by atomic mass is 9.83. The highest BCUT2D eigenvalue weighted by Gasteiger charge is 2.58. The predicted octanol–water partition coefficient (Wildman–Crippen LogP) is 5.43. The van der Waals surface area contributed by atoms with Crippen LogP contribution in [0.3, 0.4) is 0 Å². The number of nitrogens with zero attached hydrogens (tertiary/aromatic N) is 2. The van der Waals surface area contributed by atoms with E-state index in [9.17, 15) is 31.4 Å². The SMILES string of the molecule is CCN(C)/C=N/c1cc(OC)c(C(O)(c2cccc(C(F)(F)F)c2)C(F)(F)F)cc1C. The van der Waals surface area contributed by atoms with Gasteiger partial charge in [0.05, 0.1) is 24.7 Å². The highest BCUT2D eigenvalue weighted by molar-refractivity contribution is 5.66. The standard InChI is InChI=1S/C21H22F6N2O2/c1-5-29(3)12-28-17-11-18(31-4)16(9-13(17)2)19(30,21(25,26)27)14-7-6-8-15(10-14)20(22,23)24/h6-12,30H,5H2,1-4H3/b28-12+. The minimum Gasteiger partial charge on any atom is -0.496 e. The van der Waals surface area contributed by atoms with Crippen molar-refractivity contribution in [2.45, 2.75) is 31.8 Å². The first-order valence-electron chi connectivity index (χ1n) is 9.16. The van der Waals surface area contributed by atoms with Gasteiger partial charge in [-0.1, -0.05) is 12.1 Å². The summed E-state index contributed by atoms with van der Waals surface area (Å²) in [5.41, 5.74) is -6.21. The van der Waals surface area contributed by atoms with E-state index in [-0.39, 0.29) is 23.1 Å². The molecule has 0 aliphatic carbocycles. The number of ether oxygens (including phenoxy) is 1. The molecule has 2 aromatic carbocycles. The Labute approximate surface area is 175 Å². The van der Waals surface area contributed by atoms with E-state index in [1.54, 1.807) is 11.9 Å². The number of hydrogen-bond acceptors (Lipinski definition) is 3. The van der Waals surface area contributed by atoms with Crippen molar-refractivity contribution in [1.82, 2.24) is 4.90 Å². The predicted molar refractivity (Wildman–Crippen MR) is 105 cm³/mol. The summed E-state index contributed by atoms with van der Waals surface area (Å²) in [6, 6.07) is 4.74. The van der Waals surface area contributed by atoms with Crippen molar-refractivity contribution >= 4 is 12.0 Å². The van der Waals surface area contributed by atoms with Gasteiger partial charge < -0.3 is 14.7 Å². The van der Waals surface area contributed by atoms with Gasteiger partial charge in [-0.05, 0) is 43.2 Å². The fourth-order valence-electron chi connectivity index (χ4n) is 2.90. The van der Waals surface area contributed by atoms with Crippen LogP contribution in [-0.4, -0.2) is 43.2 Å². The fourth-order valence-corrected chi connectivity index (χ4v) is 2.90. The fraction of sp³-hybridized carbons (Fsp3) is 0.381. The maximum atomic E-state index is 14.1. The van der Waals surface area contributed by atoms with Gasteiger partial charge >= 0.3 is 12.4 Å². The van der Waals surface area contributed by atoms with Crippen LogP contribution in [0.5, 0.6) is 5.75 Å². The Bertz CT molecular complexity index is 956. The molecule has 2 aromatic rings. The lowest BCUT2D eigenvalue weighted by Crippen LogP contribution is -2.43. The number of alkyl halides is 6. The largest absolute Gasteiger partial charge is 0.496 e. The zero-order valence-corrected chi connectivity index (χ0v) is 17.3. The van der Waals surface area contributed by atoms with Gasteiger partial charge in [-0.2, -0.15) is 26.3 Å². The second-order valence-corrected chi connectivity index (χ2v) is 6.94. The molecule has 4 nitrogen and oxygen atoms in total. The number of halogens is 6. The topological polar surface area (TPSA) is 45.1 Å². The first kappa shape index (κ1) is 24.5. The van der Waals surface area contributed by atoms with Crippen LogP contribution in [-0.2, 0) is 11.8 Å². The number of methoxy groups -OCH3 is 1. The molecule has 0 aliphatic rings. The molecule has 0 aromatic heterocycles. The first-order valence-corrected chi connectivity index (χ1v) is 9.16. The molecule has 2 rings (SSSR count). The Hall–Kier alpha value is -2.75. The van der Waals surface area contributed by atoms with E-state index in [0.29, 0.717) is 12.6 Å². The highest BCUT2D eigenvalue weighted by Crippen LogP contribution is 2.49. The van der Waals surface area contributed by atoms with Crippen LogP contribution in [0.1, 0.15) is 29.2 Å². The minimum absolute atomic E-state index is 0.270. The molecule has 1 N–H and O–H groups in total. The maximum Gasteiger partial charge on any atom is 0.425 e. The number of aliphatic imine (C=N–C) groups is 1. The normalized spacial score (nSPS) is 14.5. The van der Waals surface area contributed by atoms with Crippen LogP contribution >= 0.6 is 0 Å². The molecular weight excluding hydrogens is 426 g/mol. The summed E-state index contributed by atoms with van der Waals surface area (Å²) < 4.78 is 86.7. The lowest BCUT2D eigenvalue weighted by molar-refractivity contribution is -0.248. The van der Waals surface area contributed by atoms with Crippen LogP contribution in [0.25, 0.3) is 0 Å². The van der Waals surface area contributed by atoms with E-state index < -0.39 is 34.6 Å². The van der Waals surface area contributed by atoms with Crippen molar-refractivity contribution in [3.63, 3.8) is 0 Å². The summed E-state index contributed by atoms with van der Waals surface area (Å²) in [5, 5.41) is 10.8. The molecule has 0 spiro atoms. The zero-order valence-electron chi connectivity index (χ0n) is 17.3. The van der Waals surface area contributed by atoms with E-state index in [0.717, 1.165) is 25.3 Å². The van der Waals surface area contributed by atoms with Crippen molar-refractivity contribution < 1.29 is 36.2 Å². The second-order valence-electron chi connectivity index (χ2n) is 6.94. The van der Waals surface area contributed by atoms with E-state index in [1.807, 2.05) is 6.92 Å². The molecule has 0 fully saturated rings. The van der Waals surface area contributed by atoms with Crippen molar-refractivity contribution in [2.24, 2.45) is 4.99 Å². The average Bonchev–Trinajstić information content (AvgIpc) is 2.70. The summed E-state index contributed by atoms with van der Waals surface area (Å²) >= 11 is 0. The summed E-state index contributed by atoms with van der Waals surface area (Å²) in [7, 11) is 2.85. The minimum atomic E-state index is -5.34. The Morgan fingerprint density at radius 3 is 2.19 bits per heavy atom. The molecule has 0 saturated heterocycles. The smallest absolute Gasteiger partial charge is 0.425 e. The van der Waals surface area contributed by atoms with Crippen LogP contribution in [0.2, 0.25) is 0 Å². The summed E-state index contributed by atoms with van der Waals surface area (Å²) in [4.78, 5) is 5.93. The molecule has 0 bridgehead atoms. The van der Waals surface area contributed by atoms with Gasteiger partial charge in [-0.15, -0.1) is 0 Å². The molecule has 10 heteroatoms. The van der Waals surface area contributed by atoms with Gasteiger partial charge in [0.25, 0.3) is 0 Å². The summed E-state index contributed by atoms with van der Waals surface area (Å²) in [5.74, 6) is -0.367. The van der Waals surface area contributed by atoms with E-state index in [2.05, 4.69) is 4.99 Å². The van der Waals surface area contributed by atoms with Gasteiger partial charge in [0.2, 0.25) is 5.60 Å². The Balaban J connectivity index is 2.75. The number of aliphatic hydroxyl groups is 1. The van der Waals surface area contributed by atoms with Crippen molar-refractivity contribution in [3.8, 4) is 5.75 Å². The van der Waals surface area contributed by atoms with Crippen LogP contribution < -0.4 is 4.74 Å². The molecule has 0 heterocycles. The van der Waals surface area contributed by atoms with Crippen molar-refractivity contribution in [1.29, 1.82) is 0 Å². The van der Waals surface area contributed by atoms with Gasteiger partial charge in [-0.3, -0.25) is 0 Å². The van der Waals surface area contributed by atoms with Gasteiger partial charge in [0.1, 0.15) is 5.75 Å². The third-order valence-corrected chi connectivity index (χ3v) is 4.82. The number of aryl methyl sites for hydroxylation is 1. The van der Waals surface area contributed by atoms with E-state index in [4.69, 9.17) is 4.74 Å². The molecular formula is C21H22F6N2O2. The molecule has 0 amide bonds. The Kier molecular flexibility index (Phi) is 6.94. The summed E-state index contributed by atoms with van der Waals surface area (Å²) in [6.45, 7) is 3.99. The lowest BCUT2D eigenvalue weighted by Gasteiger charge is -2.33. The molecule has 0 radical (unpaired) electrons. The Morgan fingerprint density at radius 2 is 1.68 bits per heavy atom. The third-order valence-electron chi connectivity index (χ3n) is 4.82. The maximum absolute atomic E-state index is 14.1. The molecule has 0 aliphatic heterocycles.